The molecule has 0 aromatic heterocycles. The van der Waals surface area contributed by atoms with Crippen LogP contribution in [0.1, 0.15) is 44.5 Å². The molecule has 0 radical (unpaired) electrons. The predicted octanol–water partition coefficient (Wildman–Crippen LogP) is 10.3. The van der Waals surface area contributed by atoms with E-state index >= 15 is 0 Å². The maximum atomic E-state index is 6.38. The summed E-state index contributed by atoms with van der Waals surface area (Å²) in [7, 11) is 0. The van der Waals surface area contributed by atoms with E-state index in [-0.39, 0.29) is 0 Å². The molecule has 5 aromatic carbocycles. The van der Waals surface area contributed by atoms with Crippen molar-refractivity contribution in [1.82, 2.24) is 9.80 Å². The highest BCUT2D eigenvalue weighted by Gasteiger charge is 2.33. The zero-order valence-corrected chi connectivity index (χ0v) is 41.2. The van der Waals surface area contributed by atoms with Crippen molar-refractivity contribution in [1.29, 1.82) is 0 Å². The average Bonchev–Trinajstić information content (AvgIpc) is 4.28. The van der Waals surface area contributed by atoms with Crippen LogP contribution in [0, 0.1) is 20.8 Å². The molecule has 0 atom stereocenters. The van der Waals surface area contributed by atoms with Gasteiger partial charge in [0, 0.05) is 61.2 Å². The minimum atomic E-state index is 0.521. The molecule has 0 aliphatic carbocycles. The van der Waals surface area contributed by atoms with E-state index < -0.39 is 0 Å². The Morgan fingerprint density at radius 1 is 0.411 bits per heavy atom. The monoisotopic (exact) mass is 946 g/mol. The average molecular weight is 947 g/mol. The van der Waals surface area contributed by atoms with Crippen LogP contribution >= 0.6 is 0 Å². The van der Waals surface area contributed by atoms with Gasteiger partial charge in [-0.05, 0) is 120 Å². The van der Waals surface area contributed by atoms with Crippen molar-refractivity contribution < 1.29 is 14.7 Å². The van der Waals surface area contributed by atoms with Gasteiger partial charge in [-0.15, -0.1) is 0 Å². The summed E-state index contributed by atoms with van der Waals surface area (Å²) in [6, 6.07) is 45.1. The quantitative estimate of drug-likeness (QED) is 0.147. The summed E-state index contributed by atoms with van der Waals surface area (Å²) in [4.78, 5) is 23.1. The van der Waals surface area contributed by atoms with E-state index in [0.29, 0.717) is 13.2 Å². The Morgan fingerprint density at radius 2 is 0.863 bits per heavy atom. The summed E-state index contributed by atoms with van der Waals surface area (Å²) in [6.07, 6.45) is 34.5. The molecule has 73 heavy (non-hydrogen) atoms. The topological polar surface area (TPSA) is 68.4 Å². The summed E-state index contributed by atoms with van der Waals surface area (Å²) >= 11 is 0. The number of allylic oxidation sites excluding steroid dienone is 18. The lowest BCUT2D eigenvalue weighted by molar-refractivity contribution is -0.388. The van der Waals surface area contributed by atoms with Gasteiger partial charge in [0.1, 0.15) is 17.9 Å². The van der Waals surface area contributed by atoms with Crippen LogP contribution in [0.5, 0.6) is 5.75 Å². The van der Waals surface area contributed by atoms with E-state index in [1.165, 1.54) is 33.4 Å². The predicted molar refractivity (Wildman–Crippen MR) is 299 cm³/mol. The lowest BCUT2D eigenvalue weighted by Crippen LogP contribution is -2.71. The Bertz CT molecular complexity index is 3550. The van der Waals surface area contributed by atoms with Crippen LogP contribution in [-0.2, 0) is 6.54 Å². The molecule has 7 heteroatoms. The summed E-state index contributed by atoms with van der Waals surface area (Å²) < 4.78 is 6.38. The SMILES string of the molecule is Cc1ccc(C2=C3C=CC(=N3)C(c3ccc(OCCN4C=CC(=C5C=CN(Cc6ccccc6)C=C5)C=C4)cc3)=C3C=CC(=N3)C(c3ccc(C)cc3)=C3C=CC(=[NH+]3)C(c3ccc(C)cc3)=C3C=CC2=[NH+]3)cc1. The number of hydrogen-bond donors (Lipinski definition) is 2. The second-order valence-corrected chi connectivity index (χ2v) is 19.0. The smallest absolute Gasteiger partial charge is 0.218 e. The van der Waals surface area contributed by atoms with E-state index in [0.717, 1.165) is 102 Å². The van der Waals surface area contributed by atoms with Crippen LogP contribution < -0.4 is 14.7 Å². The minimum Gasteiger partial charge on any atom is -0.492 e. The second-order valence-electron chi connectivity index (χ2n) is 19.0. The molecule has 5 aromatic rings. The molecule has 2 N–H and O–H groups in total. The Hall–Kier alpha value is -9.20. The highest BCUT2D eigenvalue weighted by atomic mass is 16.5. The Morgan fingerprint density at radius 3 is 1.44 bits per heavy atom. The molecule has 0 fully saturated rings. The molecule has 0 saturated heterocycles. The van der Waals surface area contributed by atoms with E-state index in [4.69, 9.17) is 14.7 Å². The van der Waals surface area contributed by atoms with Gasteiger partial charge in [-0.25, -0.2) is 20.0 Å². The first kappa shape index (κ1) is 45.0. The van der Waals surface area contributed by atoms with Gasteiger partial charge in [0.2, 0.25) is 22.8 Å². The molecular weight excluding hydrogens is 893 g/mol. The van der Waals surface area contributed by atoms with Crippen LogP contribution in [0.2, 0.25) is 0 Å². The fraction of sp³-hybridized carbons (Fsp3) is 0.0909. The summed E-state index contributed by atoms with van der Waals surface area (Å²) in [6.45, 7) is 8.45. The van der Waals surface area contributed by atoms with Crippen molar-refractivity contribution in [2.24, 2.45) is 9.98 Å². The van der Waals surface area contributed by atoms with Crippen molar-refractivity contribution in [2.45, 2.75) is 27.3 Å². The van der Waals surface area contributed by atoms with Crippen LogP contribution in [0.3, 0.4) is 0 Å². The zero-order chi connectivity index (χ0) is 49.3. The van der Waals surface area contributed by atoms with Gasteiger partial charge in [0.25, 0.3) is 0 Å². The van der Waals surface area contributed by atoms with E-state index in [1.807, 2.05) is 0 Å². The van der Waals surface area contributed by atoms with Crippen LogP contribution in [0.15, 0.2) is 269 Å². The number of benzene rings is 5. The van der Waals surface area contributed by atoms with E-state index in [9.17, 15) is 0 Å². The number of aryl methyl sites for hydroxylation is 3. The Labute approximate surface area is 427 Å². The van der Waals surface area contributed by atoms with Crippen molar-refractivity contribution in [2.75, 3.05) is 13.2 Å². The van der Waals surface area contributed by atoms with Gasteiger partial charge < -0.3 is 14.5 Å². The number of nitrogens with zero attached hydrogens (tertiary/aromatic N) is 4. The number of aliphatic imine (C=N–C) groups is 2. The van der Waals surface area contributed by atoms with Crippen molar-refractivity contribution >= 4 is 45.1 Å². The zero-order valence-electron chi connectivity index (χ0n) is 41.2. The number of fused-ring (bicyclic) bond motifs is 4. The Balaban J connectivity index is 0.872. The molecule has 7 heterocycles. The van der Waals surface area contributed by atoms with Gasteiger partial charge in [0.15, 0.2) is 0 Å². The minimum absolute atomic E-state index is 0.521. The fourth-order valence-electron chi connectivity index (χ4n) is 9.92. The van der Waals surface area contributed by atoms with Gasteiger partial charge >= 0.3 is 0 Å². The van der Waals surface area contributed by atoms with E-state index in [1.54, 1.807) is 0 Å². The molecule has 8 bridgehead atoms. The number of hydrogen-bond acceptors (Lipinski definition) is 5. The van der Waals surface area contributed by atoms with E-state index in [2.05, 4.69) is 266 Å². The van der Waals surface area contributed by atoms with Gasteiger partial charge in [-0.1, -0.05) is 132 Å². The molecule has 7 aliphatic rings. The van der Waals surface area contributed by atoms with Crippen molar-refractivity contribution in [3.8, 4) is 5.75 Å². The van der Waals surface area contributed by atoms with Crippen LogP contribution in [0.25, 0.3) is 22.3 Å². The van der Waals surface area contributed by atoms with Gasteiger partial charge in [-0.3, -0.25) is 0 Å². The first-order chi connectivity index (χ1) is 35.8. The molecule has 7 aliphatic heterocycles. The standard InChI is InChI=1S/C66H52N6O/c1-44-9-15-50(16-10-44)63-55-25-27-57(67-55)64(51-17-11-45(2)12-18-51)59-29-31-61(69-59)66(62-32-30-60(70-62)65(58-28-26-56(63)68-58)52-19-13-46(3)14-20-52)53-21-23-54(24-22-53)73-42-41-71-37-33-48(34-38-71)49-35-39-72(40-36-49)43-47-7-5-4-6-8-47/h4-40H,41-43H2,1-3H3/p+2. The number of nitrogens with one attached hydrogen (secondary N) is 2. The molecular formula is C66H54N6O+2. The lowest BCUT2D eigenvalue weighted by atomic mass is 9.97. The Kier molecular flexibility index (Phi) is 12.0. The first-order valence-corrected chi connectivity index (χ1v) is 25.0. The molecule has 0 spiro atoms. The van der Waals surface area contributed by atoms with Crippen molar-refractivity contribution in [3.05, 3.63) is 304 Å². The van der Waals surface area contributed by atoms with Crippen LogP contribution in [-0.4, -0.2) is 45.8 Å². The first-order valence-electron chi connectivity index (χ1n) is 25.0. The maximum Gasteiger partial charge on any atom is 0.218 e. The largest absolute Gasteiger partial charge is 0.492 e. The molecule has 0 amide bonds. The maximum absolute atomic E-state index is 6.38. The third-order valence-corrected chi connectivity index (χ3v) is 13.9. The van der Waals surface area contributed by atoms with Gasteiger partial charge in [-0.2, -0.15) is 0 Å². The second kappa shape index (κ2) is 19.5. The van der Waals surface area contributed by atoms with Crippen molar-refractivity contribution in [3.63, 3.8) is 0 Å². The highest BCUT2D eigenvalue weighted by molar-refractivity contribution is 6.37. The molecule has 352 valence electrons. The highest BCUT2D eigenvalue weighted by Crippen LogP contribution is 2.36. The third-order valence-electron chi connectivity index (χ3n) is 13.9. The summed E-state index contributed by atoms with van der Waals surface area (Å²) in [5, 5.41) is 0. The summed E-state index contributed by atoms with van der Waals surface area (Å²) in [5.41, 5.74) is 23.0. The lowest BCUT2D eigenvalue weighted by Gasteiger charge is -2.22. The molecule has 0 saturated carbocycles. The number of ether oxygens (including phenoxy) is 1. The molecule has 7 nitrogen and oxygen atoms in total. The molecule has 0 unspecified atom stereocenters. The fourth-order valence-corrected chi connectivity index (χ4v) is 9.92. The normalized spacial score (nSPS) is 17.5. The third kappa shape index (κ3) is 9.44. The summed E-state index contributed by atoms with van der Waals surface area (Å²) in [5.74, 6) is 0.798. The van der Waals surface area contributed by atoms with Gasteiger partial charge in [0.05, 0.1) is 40.5 Å². The number of rotatable bonds is 10. The molecule has 12 rings (SSSR count). The van der Waals surface area contributed by atoms with Crippen LogP contribution in [0.4, 0.5) is 0 Å².